The molecule has 0 aromatic heterocycles. The molecule has 1 spiro atoms. The summed E-state index contributed by atoms with van der Waals surface area (Å²) in [6.45, 7) is 0.773. The smallest absolute Gasteiger partial charge is 0.253 e. The zero-order valence-electron chi connectivity index (χ0n) is 13.7. The van der Waals surface area contributed by atoms with Crippen LogP contribution in [0.2, 0.25) is 0 Å². The first-order chi connectivity index (χ1) is 12.0. The number of methoxy groups -OCH3 is 1. The standard InChI is InChI=1S/C19H17FN2O3/c1-25-14-6-7-16-15(10-14)19(18(24)21-16)8-9-22(11-19)17(23)12-2-4-13(20)5-3-12/h2-7,10H,8-9,11H2,1H3,(H,21,24)/t19-/m0/s1. The van der Waals surface area contributed by atoms with Gasteiger partial charge in [0.25, 0.3) is 5.91 Å². The van der Waals surface area contributed by atoms with Gasteiger partial charge in [-0.2, -0.15) is 0 Å². The Kier molecular flexibility index (Phi) is 3.49. The number of carbonyl (C=O) groups excluding carboxylic acids is 2. The van der Waals surface area contributed by atoms with E-state index in [1.54, 1.807) is 18.1 Å². The van der Waals surface area contributed by atoms with Crippen LogP contribution in [-0.2, 0) is 10.2 Å². The van der Waals surface area contributed by atoms with Crippen molar-refractivity contribution in [3.63, 3.8) is 0 Å². The van der Waals surface area contributed by atoms with Crippen LogP contribution in [0.3, 0.4) is 0 Å². The van der Waals surface area contributed by atoms with Gasteiger partial charge >= 0.3 is 0 Å². The third kappa shape index (κ3) is 2.36. The molecule has 1 N–H and O–H groups in total. The molecular weight excluding hydrogens is 323 g/mol. The van der Waals surface area contributed by atoms with Crippen LogP contribution in [0.4, 0.5) is 10.1 Å². The molecule has 2 aliphatic rings. The molecule has 0 radical (unpaired) electrons. The Labute approximate surface area is 144 Å². The summed E-state index contributed by atoms with van der Waals surface area (Å²) in [6.07, 6.45) is 0.548. The third-order valence-corrected chi connectivity index (χ3v) is 5.07. The van der Waals surface area contributed by atoms with Crippen LogP contribution in [0.1, 0.15) is 22.3 Å². The maximum Gasteiger partial charge on any atom is 0.253 e. The van der Waals surface area contributed by atoms with Crippen LogP contribution in [0.5, 0.6) is 5.75 Å². The Morgan fingerprint density at radius 2 is 2.00 bits per heavy atom. The third-order valence-electron chi connectivity index (χ3n) is 5.07. The number of amides is 2. The Hall–Kier alpha value is -2.89. The lowest BCUT2D eigenvalue weighted by molar-refractivity contribution is -0.120. The molecule has 2 aromatic carbocycles. The van der Waals surface area contributed by atoms with Crippen molar-refractivity contribution in [1.82, 2.24) is 4.90 Å². The van der Waals surface area contributed by atoms with Gasteiger partial charge in [0.05, 0.1) is 12.5 Å². The SMILES string of the molecule is COc1ccc2c(c1)[C@@]1(CCN(C(=O)c3ccc(F)cc3)C1)C(=O)N2. The van der Waals surface area contributed by atoms with E-state index in [2.05, 4.69) is 5.32 Å². The van der Waals surface area contributed by atoms with Crippen molar-refractivity contribution in [2.45, 2.75) is 11.8 Å². The number of hydrogen-bond acceptors (Lipinski definition) is 3. The highest BCUT2D eigenvalue weighted by Crippen LogP contribution is 2.45. The molecular formula is C19H17FN2O3. The summed E-state index contributed by atoms with van der Waals surface area (Å²) >= 11 is 0. The molecule has 1 saturated heterocycles. The van der Waals surface area contributed by atoms with E-state index in [9.17, 15) is 14.0 Å². The summed E-state index contributed by atoms with van der Waals surface area (Å²) in [4.78, 5) is 27.0. The van der Waals surface area contributed by atoms with E-state index in [-0.39, 0.29) is 17.6 Å². The summed E-state index contributed by atoms with van der Waals surface area (Å²) in [5, 5.41) is 2.91. The van der Waals surface area contributed by atoms with Crippen molar-refractivity contribution in [2.75, 3.05) is 25.5 Å². The largest absolute Gasteiger partial charge is 0.497 e. The van der Waals surface area contributed by atoms with Crippen molar-refractivity contribution in [2.24, 2.45) is 0 Å². The molecule has 0 unspecified atom stereocenters. The molecule has 5 nitrogen and oxygen atoms in total. The molecule has 2 heterocycles. The molecule has 2 aliphatic heterocycles. The fraction of sp³-hybridized carbons (Fsp3) is 0.263. The molecule has 128 valence electrons. The predicted octanol–water partition coefficient (Wildman–Crippen LogP) is 2.57. The van der Waals surface area contributed by atoms with Crippen LogP contribution in [0.25, 0.3) is 0 Å². The topological polar surface area (TPSA) is 58.6 Å². The quantitative estimate of drug-likeness (QED) is 0.914. The number of carbonyl (C=O) groups is 2. The van der Waals surface area contributed by atoms with E-state index in [0.29, 0.717) is 30.8 Å². The minimum absolute atomic E-state index is 0.0924. The summed E-state index contributed by atoms with van der Waals surface area (Å²) in [5.74, 6) is 0.00903. The molecule has 0 aliphatic carbocycles. The van der Waals surface area contributed by atoms with E-state index in [1.165, 1.54) is 24.3 Å². The highest BCUT2D eigenvalue weighted by molar-refractivity contribution is 6.07. The molecule has 25 heavy (non-hydrogen) atoms. The average Bonchev–Trinajstić information content (AvgIpc) is 3.18. The number of anilines is 1. The summed E-state index contributed by atoms with van der Waals surface area (Å²) in [5.41, 5.74) is 1.30. The van der Waals surface area contributed by atoms with Gasteiger partial charge in [-0.05, 0) is 54.4 Å². The second kappa shape index (κ2) is 5.58. The number of rotatable bonds is 2. The van der Waals surface area contributed by atoms with Gasteiger partial charge in [0.2, 0.25) is 5.91 Å². The maximum absolute atomic E-state index is 13.1. The highest BCUT2D eigenvalue weighted by atomic mass is 19.1. The molecule has 6 heteroatoms. The van der Waals surface area contributed by atoms with Gasteiger partial charge < -0.3 is 15.0 Å². The Morgan fingerprint density at radius 1 is 1.24 bits per heavy atom. The number of hydrogen-bond donors (Lipinski definition) is 1. The van der Waals surface area contributed by atoms with Crippen molar-refractivity contribution >= 4 is 17.5 Å². The van der Waals surface area contributed by atoms with Crippen LogP contribution in [0, 0.1) is 5.82 Å². The average molecular weight is 340 g/mol. The van der Waals surface area contributed by atoms with Gasteiger partial charge in [0.1, 0.15) is 11.6 Å². The number of nitrogens with one attached hydrogen (secondary N) is 1. The lowest BCUT2D eigenvalue weighted by atomic mass is 9.81. The Bertz CT molecular complexity index is 865. The van der Waals surface area contributed by atoms with E-state index >= 15 is 0 Å². The lowest BCUT2D eigenvalue weighted by Crippen LogP contribution is -2.39. The predicted molar refractivity (Wildman–Crippen MR) is 90.2 cm³/mol. The molecule has 0 bridgehead atoms. The van der Waals surface area contributed by atoms with Gasteiger partial charge in [-0.1, -0.05) is 0 Å². The second-order valence-electron chi connectivity index (χ2n) is 6.43. The zero-order valence-corrected chi connectivity index (χ0v) is 13.7. The fourth-order valence-corrected chi connectivity index (χ4v) is 3.68. The minimum Gasteiger partial charge on any atom is -0.497 e. The normalized spacial score (nSPS) is 21.4. The van der Waals surface area contributed by atoms with Gasteiger partial charge in [-0.3, -0.25) is 9.59 Å². The Balaban J connectivity index is 1.65. The number of fused-ring (bicyclic) bond motifs is 2. The Morgan fingerprint density at radius 3 is 2.72 bits per heavy atom. The minimum atomic E-state index is -0.750. The molecule has 4 rings (SSSR count). The van der Waals surface area contributed by atoms with Gasteiger partial charge in [-0.15, -0.1) is 0 Å². The number of likely N-dealkylation sites (tertiary alicyclic amines) is 1. The number of nitrogens with zero attached hydrogens (tertiary/aromatic N) is 1. The molecule has 1 fully saturated rings. The first-order valence-corrected chi connectivity index (χ1v) is 8.08. The molecule has 1 atom stereocenters. The van der Waals surface area contributed by atoms with Crippen LogP contribution in [-0.4, -0.2) is 36.9 Å². The molecule has 2 aromatic rings. The monoisotopic (exact) mass is 340 g/mol. The second-order valence-corrected chi connectivity index (χ2v) is 6.43. The first kappa shape index (κ1) is 15.6. The van der Waals surface area contributed by atoms with E-state index < -0.39 is 5.41 Å². The lowest BCUT2D eigenvalue weighted by Gasteiger charge is -2.23. The summed E-state index contributed by atoms with van der Waals surface area (Å²) in [7, 11) is 1.58. The van der Waals surface area contributed by atoms with Crippen molar-refractivity contribution in [3.05, 3.63) is 59.4 Å². The van der Waals surface area contributed by atoms with Gasteiger partial charge in [-0.25, -0.2) is 4.39 Å². The van der Waals surface area contributed by atoms with E-state index in [1.807, 2.05) is 12.1 Å². The van der Waals surface area contributed by atoms with Crippen LogP contribution in [0.15, 0.2) is 42.5 Å². The fourth-order valence-electron chi connectivity index (χ4n) is 3.68. The zero-order chi connectivity index (χ0) is 17.6. The molecule has 0 saturated carbocycles. The number of halogens is 1. The number of benzene rings is 2. The van der Waals surface area contributed by atoms with Crippen molar-refractivity contribution in [1.29, 1.82) is 0 Å². The van der Waals surface area contributed by atoms with Crippen molar-refractivity contribution in [3.8, 4) is 5.75 Å². The maximum atomic E-state index is 13.1. The van der Waals surface area contributed by atoms with Gasteiger partial charge in [0.15, 0.2) is 0 Å². The highest BCUT2D eigenvalue weighted by Gasteiger charge is 2.52. The summed E-state index contributed by atoms with van der Waals surface area (Å²) in [6, 6.07) is 10.9. The van der Waals surface area contributed by atoms with Crippen LogP contribution >= 0.6 is 0 Å². The van der Waals surface area contributed by atoms with Crippen LogP contribution < -0.4 is 10.1 Å². The number of ether oxygens (including phenoxy) is 1. The first-order valence-electron chi connectivity index (χ1n) is 8.08. The van der Waals surface area contributed by atoms with E-state index in [0.717, 1.165) is 11.3 Å². The molecule has 2 amide bonds. The van der Waals surface area contributed by atoms with Crippen molar-refractivity contribution < 1.29 is 18.7 Å². The summed E-state index contributed by atoms with van der Waals surface area (Å²) < 4.78 is 18.3. The van der Waals surface area contributed by atoms with Gasteiger partial charge in [0, 0.05) is 24.3 Å². The van der Waals surface area contributed by atoms with E-state index in [4.69, 9.17) is 4.74 Å².